The quantitative estimate of drug-likeness (QED) is 0.272. The molecule has 0 N–H and O–H groups in total. The first-order valence-corrected chi connectivity index (χ1v) is 12.6. The molecule has 1 radical (unpaired) electrons. The summed E-state index contributed by atoms with van der Waals surface area (Å²) < 4.78 is 0. The van der Waals surface area contributed by atoms with Gasteiger partial charge in [-0.25, -0.2) is 0 Å². The van der Waals surface area contributed by atoms with Crippen LogP contribution in [0.5, 0.6) is 0 Å². The van der Waals surface area contributed by atoms with Crippen molar-refractivity contribution in [3.63, 3.8) is 0 Å². The van der Waals surface area contributed by atoms with Crippen molar-refractivity contribution >= 4 is 0 Å². The van der Waals surface area contributed by atoms with Gasteiger partial charge in [-0.3, -0.25) is 0 Å². The second kappa shape index (κ2) is 16.1. The summed E-state index contributed by atoms with van der Waals surface area (Å²) in [6, 6.07) is 34.1. The van der Waals surface area contributed by atoms with Gasteiger partial charge in [0.25, 0.3) is 0 Å². The second-order valence-corrected chi connectivity index (χ2v) is 11.2. The minimum Gasteiger partial charge on any atom is -0.302 e. The molecule has 0 heterocycles. The Kier molecular flexibility index (Phi) is 15.6. The van der Waals surface area contributed by atoms with E-state index < -0.39 is 0 Å². The van der Waals surface area contributed by atoms with Gasteiger partial charge in [-0.15, -0.1) is 16.7 Å². The molecule has 0 aliphatic carbocycles. The van der Waals surface area contributed by atoms with Crippen LogP contribution in [-0.4, -0.2) is 57.0 Å². The van der Waals surface area contributed by atoms with Crippen molar-refractivity contribution in [2.75, 3.05) is 42.3 Å². The molecule has 3 aromatic rings. The Bertz CT molecular complexity index is 848. The molecule has 0 aliphatic rings. The van der Waals surface area contributed by atoms with Gasteiger partial charge in [0.1, 0.15) is 0 Å². The second-order valence-electron chi connectivity index (χ2n) is 11.2. The van der Waals surface area contributed by atoms with Crippen LogP contribution >= 0.6 is 0 Å². The van der Waals surface area contributed by atoms with E-state index in [0.29, 0.717) is 0 Å². The molecule has 0 fully saturated rings. The fourth-order valence-corrected chi connectivity index (χ4v) is 3.04. The number of nitrogens with zero attached hydrogens (tertiary/aromatic N) is 3. The summed E-state index contributed by atoms with van der Waals surface area (Å²) in [7, 11) is 12.5. The molecule has 0 aromatic heterocycles. The minimum atomic E-state index is 0. The van der Waals surface area contributed by atoms with Gasteiger partial charge in [-0.05, 0) is 83.8 Å². The Hall–Kier alpha value is -1.14. The maximum Gasteiger partial charge on any atom is 3.00 e. The van der Waals surface area contributed by atoms with Gasteiger partial charge in [0, 0.05) is 16.6 Å². The zero-order valence-electron chi connectivity index (χ0n) is 25.1. The fraction of sp³-hybridized carbons (Fsp3) is 0.455. The zero-order chi connectivity index (χ0) is 27.6. The van der Waals surface area contributed by atoms with E-state index in [9.17, 15) is 0 Å². The summed E-state index contributed by atoms with van der Waals surface area (Å²) in [5.74, 6) is 0. The third-order valence-corrected chi connectivity index (χ3v) is 7.46. The molecule has 0 atom stereocenters. The molecule has 37 heavy (non-hydrogen) atoms. The monoisotopic (exact) mass is 644 g/mol. The van der Waals surface area contributed by atoms with E-state index in [0.717, 1.165) is 0 Å². The van der Waals surface area contributed by atoms with E-state index in [1.807, 2.05) is 36.4 Å². The van der Waals surface area contributed by atoms with Crippen LogP contribution in [-0.2, 0) is 16.6 Å². The molecule has 0 bridgehead atoms. The topological polar surface area (TPSA) is 9.72 Å². The molecule has 3 aromatic carbocycles. The van der Waals surface area contributed by atoms with Gasteiger partial charge in [-0.2, -0.15) is 91.0 Å². The predicted molar refractivity (Wildman–Crippen MR) is 156 cm³/mol. The zero-order valence-corrected chi connectivity index (χ0v) is 27.4. The van der Waals surface area contributed by atoms with Gasteiger partial charge < -0.3 is 14.7 Å². The number of benzene rings is 3. The van der Waals surface area contributed by atoms with E-state index >= 15 is 0 Å². The van der Waals surface area contributed by atoms with Crippen molar-refractivity contribution in [2.24, 2.45) is 0 Å². The Morgan fingerprint density at radius 3 is 0.784 bits per heavy atom. The van der Waals surface area contributed by atoms with Crippen molar-refractivity contribution < 1.29 is 39.9 Å². The third-order valence-electron chi connectivity index (χ3n) is 7.46. The average molecular weight is 644 g/mol. The molecule has 0 amide bonds. The van der Waals surface area contributed by atoms with Crippen LogP contribution in [0.2, 0.25) is 0 Å². The van der Waals surface area contributed by atoms with Gasteiger partial charge >= 0.3 is 39.9 Å². The summed E-state index contributed by atoms with van der Waals surface area (Å²) in [6.07, 6.45) is 0. The first-order valence-electron chi connectivity index (χ1n) is 12.6. The van der Waals surface area contributed by atoms with Crippen LogP contribution in [0.1, 0.15) is 58.2 Å². The maximum atomic E-state index is 3.25. The molecule has 0 saturated carbocycles. The largest absolute Gasteiger partial charge is 3.00 e. The van der Waals surface area contributed by atoms with Crippen LogP contribution in [0.3, 0.4) is 0 Å². The van der Waals surface area contributed by atoms with E-state index in [1.54, 1.807) is 0 Å². The van der Waals surface area contributed by atoms with Crippen LogP contribution in [0.15, 0.2) is 72.8 Å². The van der Waals surface area contributed by atoms with Crippen LogP contribution in [0.25, 0.3) is 0 Å². The van der Waals surface area contributed by atoms with E-state index in [-0.39, 0.29) is 56.6 Å². The summed E-state index contributed by atoms with van der Waals surface area (Å²) in [5, 5.41) is 0. The average Bonchev–Trinajstić information content (AvgIpc) is 2.86. The SMILES string of the molecule is CN(C)C(C)(C)c1[c-]cccc1.CN(C)C(C)(C)c1[c-]cccc1.CN(C)C(C)(C)c1[c-]cccc1.[Gd+3]. The molecule has 203 valence electrons. The van der Waals surface area contributed by atoms with Crippen molar-refractivity contribution in [1.82, 2.24) is 14.7 Å². The van der Waals surface area contributed by atoms with Crippen molar-refractivity contribution in [1.29, 1.82) is 0 Å². The molecule has 0 unspecified atom stereocenters. The van der Waals surface area contributed by atoms with Gasteiger partial charge in [0.05, 0.1) is 0 Å². The molecule has 0 spiro atoms. The van der Waals surface area contributed by atoms with Gasteiger partial charge in [0.2, 0.25) is 0 Å². The Morgan fingerprint density at radius 1 is 0.432 bits per heavy atom. The van der Waals surface area contributed by atoms with Crippen LogP contribution in [0, 0.1) is 58.1 Å². The Morgan fingerprint density at radius 2 is 0.649 bits per heavy atom. The first kappa shape index (κ1) is 35.9. The summed E-state index contributed by atoms with van der Waals surface area (Å²) in [6.45, 7) is 13.2. The third kappa shape index (κ3) is 10.9. The Balaban J connectivity index is 0.000000518. The van der Waals surface area contributed by atoms with Crippen LogP contribution < -0.4 is 0 Å². The summed E-state index contributed by atoms with van der Waals surface area (Å²) >= 11 is 0. The number of hydrogen-bond acceptors (Lipinski definition) is 3. The van der Waals surface area contributed by atoms with Crippen molar-refractivity contribution in [3.8, 4) is 0 Å². The van der Waals surface area contributed by atoms with E-state index in [2.05, 4.69) is 153 Å². The molecule has 3 rings (SSSR count). The van der Waals surface area contributed by atoms with Crippen LogP contribution in [0.4, 0.5) is 0 Å². The van der Waals surface area contributed by atoms with Crippen molar-refractivity contribution in [3.05, 3.63) is 108 Å². The molecular weight excluding hydrogens is 596 g/mol. The Labute approximate surface area is 260 Å². The van der Waals surface area contributed by atoms with E-state index in [4.69, 9.17) is 0 Å². The molecule has 0 aliphatic heterocycles. The molecule has 4 heteroatoms. The standard InChI is InChI=1S/3C11H16N.Gd/c3*1-11(2,12(3)4)10-8-6-5-7-9-10;/h3*5-8H,1-4H3;/q3*-1;+3. The summed E-state index contributed by atoms with van der Waals surface area (Å²) in [4.78, 5) is 6.58. The van der Waals surface area contributed by atoms with Gasteiger partial charge in [0.15, 0.2) is 0 Å². The molecular formula is C33H48GdN3. The normalized spacial score (nSPS) is 11.8. The number of hydrogen-bond donors (Lipinski definition) is 0. The maximum absolute atomic E-state index is 3.25. The van der Waals surface area contributed by atoms with Crippen molar-refractivity contribution in [2.45, 2.75) is 58.2 Å². The van der Waals surface area contributed by atoms with E-state index in [1.165, 1.54) is 16.7 Å². The fourth-order valence-electron chi connectivity index (χ4n) is 3.04. The summed E-state index contributed by atoms with van der Waals surface area (Å²) in [5.41, 5.74) is 3.91. The molecule has 0 saturated heterocycles. The smallest absolute Gasteiger partial charge is 0.302 e. The first-order chi connectivity index (χ1) is 16.6. The number of rotatable bonds is 6. The van der Waals surface area contributed by atoms with Gasteiger partial charge in [-0.1, -0.05) is 0 Å². The minimum absolute atomic E-state index is 0. The predicted octanol–water partition coefficient (Wildman–Crippen LogP) is 6.85. The molecule has 3 nitrogen and oxygen atoms in total.